The van der Waals surface area contributed by atoms with E-state index in [1.165, 1.54) is 0 Å². The number of carbonyl (C=O) groups excluding carboxylic acids is 3. The maximum Gasteiger partial charge on any atom is 0.408 e. The number of ether oxygens (including phenoxy) is 2. The van der Waals surface area contributed by atoms with Crippen LogP contribution in [-0.2, 0) is 32.1 Å². The quantitative estimate of drug-likeness (QED) is 0.387. The van der Waals surface area contributed by atoms with Gasteiger partial charge in [0.05, 0.1) is 6.04 Å². The van der Waals surface area contributed by atoms with Crippen LogP contribution in [0.2, 0.25) is 0 Å². The molecule has 2 aromatic carbocycles. The van der Waals surface area contributed by atoms with Crippen LogP contribution in [0.4, 0.5) is 4.79 Å². The molecule has 0 saturated heterocycles. The molecule has 0 radical (unpaired) electrons. The second-order valence-corrected chi connectivity index (χ2v) is 8.18. The van der Waals surface area contributed by atoms with Crippen molar-refractivity contribution in [3.05, 3.63) is 71.8 Å². The average molecular weight is 432 g/mol. The molecule has 2 unspecified atom stereocenters. The summed E-state index contributed by atoms with van der Waals surface area (Å²) in [6, 6.07) is 17.2. The number of hydrogen-bond donors (Lipinski definition) is 1. The van der Waals surface area contributed by atoms with Crippen molar-refractivity contribution in [3.63, 3.8) is 0 Å². The second kappa shape index (κ2) is 10.8. The maximum absolute atomic E-state index is 12.9. The number of alkyl halides is 1. The van der Waals surface area contributed by atoms with Gasteiger partial charge in [-0.1, -0.05) is 60.7 Å². The lowest BCUT2D eigenvalue weighted by Crippen LogP contribution is -2.48. The van der Waals surface area contributed by atoms with E-state index in [-0.39, 0.29) is 13.0 Å². The summed E-state index contributed by atoms with van der Waals surface area (Å²) in [7, 11) is 0. The number of halogens is 1. The molecule has 0 aliphatic rings. The predicted octanol–water partition coefficient (Wildman–Crippen LogP) is 4.04. The summed E-state index contributed by atoms with van der Waals surface area (Å²) < 4.78 is 10.4. The van der Waals surface area contributed by atoms with E-state index in [0.29, 0.717) is 0 Å². The van der Waals surface area contributed by atoms with Crippen LogP contribution in [0, 0.1) is 0 Å². The Morgan fingerprint density at radius 1 is 0.933 bits per heavy atom. The molecule has 2 atom stereocenters. The highest BCUT2D eigenvalue weighted by Gasteiger charge is 2.35. The molecule has 0 aliphatic carbocycles. The minimum absolute atomic E-state index is 0.0509. The number of ketones is 1. The van der Waals surface area contributed by atoms with Gasteiger partial charge < -0.3 is 14.8 Å². The van der Waals surface area contributed by atoms with Gasteiger partial charge in [-0.15, -0.1) is 11.6 Å². The Balaban J connectivity index is 2.08. The van der Waals surface area contributed by atoms with E-state index in [4.69, 9.17) is 21.1 Å². The van der Waals surface area contributed by atoms with Crippen molar-refractivity contribution in [1.29, 1.82) is 0 Å². The summed E-state index contributed by atoms with van der Waals surface area (Å²) >= 11 is 6.09. The van der Waals surface area contributed by atoms with Crippen molar-refractivity contribution in [2.24, 2.45) is 0 Å². The van der Waals surface area contributed by atoms with Gasteiger partial charge in [-0.25, -0.2) is 9.59 Å². The van der Waals surface area contributed by atoms with E-state index in [2.05, 4.69) is 5.32 Å². The number of hydrogen-bond acceptors (Lipinski definition) is 5. The average Bonchev–Trinajstić information content (AvgIpc) is 2.71. The lowest BCUT2D eigenvalue weighted by molar-refractivity contribution is -0.156. The summed E-state index contributed by atoms with van der Waals surface area (Å²) in [6.45, 7) is 5.09. The van der Waals surface area contributed by atoms with Crippen molar-refractivity contribution in [2.75, 3.05) is 0 Å². The summed E-state index contributed by atoms with van der Waals surface area (Å²) in [6.07, 6.45) is -0.618. The number of nitrogens with one attached hydrogen (secondary N) is 1. The zero-order valence-corrected chi connectivity index (χ0v) is 18.0. The fourth-order valence-corrected chi connectivity index (χ4v) is 2.82. The molecule has 0 saturated carbocycles. The molecule has 2 rings (SSSR count). The van der Waals surface area contributed by atoms with Crippen LogP contribution in [0.5, 0.6) is 0 Å². The third-order valence-corrected chi connectivity index (χ3v) is 4.39. The van der Waals surface area contributed by atoms with E-state index in [1.54, 1.807) is 20.8 Å². The van der Waals surface area contributed by atoms with Gasteiger partial charge in [0, 0.05) is 0 Å². The topological polar surface area (TPSA) is 81.7 Å². The molecule has 7 heteroatoms. The number of carbonyl (C=O) groups is 3. The molecular formula is C23H26ClNO5. The summed E-state index contributed by atoms with van der Waals surface area (Å²) in [5.41, 5.74) is 0.816. The van der Waals surface area contributed by atoms with Crippen molar-refractivity contribution in [2.45, 2.75) is 50.8 Å². The number of benzene rings is 2. The normalized spacial score (nSPS) is 13.1. The largest absolute Gasteiger partial charge is 0.459 e. The Labute approximate surface area is 181 Å². The molecule has 1 amide bonds. The van der Waals surface area contributed by atoms with Crippen LogP contribution < -0.4 is 5.32 Å². The van der Waals surface area contributed by atoms with Crippen LogP contribution in [0.25, 0.3) is 0 Å². The molecule has 0 fully saturated rings. The molecule has 0 bridgehead atoms. The van der Waals surface area contributed by atoms with Crippen LogP contribution in [0.1, 0.15) is 31.9 Å². The number of Topliss-reactive ketones (excluding diaryl/α,β-unsaturated/α-hetero) is 1. The zero-order valence-electron chi connectivity index (χ0n) is 17.3. The lowest BCUT2D eigenvalue weighted by Gasteiger charge is -2.23. The zero-order chi connectivity index (χ0) is 22.1. The van der Waals surface area contributed by atoms with Crippen LogP contribution in [0.3, 0.4) is 0 Å². The van der Waals surface area contributed by atoms with E-state index in [0.717, 1.165) is 11.1 Å². The lowest BCUT2D eigenvalue weighted by atomic mass is 10.0. The van der Waals surface area contributed by atoms with Crippen molar-refractivity contribution in [1.82, 2.24) is 5.32 Å². The molecule has 2 aromatic rings. The number of alkyl carbamates (subject to hydrolysis) is 1. The van der Waals surface area contributed by atoms with E-state index < -0.39 is 34.9 Å². The summed E-state index contributed by atoms with van der Waals surface area (Å²) in [5.74, 6) is -1.52. The smallest absolute Gasteiger partial charge is 0.408 e. The van der Waals surface area contributed by atoms with E-state index in [1.807, 2.05) is 60.7 Å². The molecule has 0 spiro atoms. The molecule has 0 heterocycles. The SMILES string of the molecule is CC(C)(C)OC(=O)C(Cl)C(=O)C(Cc1ccccc1)NC(=O)OCc1ccccc1. The molecule has 160 valence electrons. The minimum Gasteiger partial charge on any atom is -0.459 e. The fourth-order valence-electron chi connectivity index (χ4n) is 2.63. The van der Waals surface area contributed by atoms with E-state index in [9.17, 15) is 14.4 Å². The third kappa shape index (κ3) is 7.87. The summed E-state index contributed by atoms with van der Waals surface area (Å²) in [4.78, 5) is 37.4. The van der Waals surface area contributed by atoms with Crippen molar-refractivity contribution < 1.29 is 23.9 Å². The number of amides is 1. The molecule has 6 nitrogen and oxygen atoms in total. The van der Waals surface area contributed by atoms with Gasteiger partial charge in [0.1, 0.15) is 12.2 Å². The fraction of sp³-hybridized carbons (Fsp3) is 0.348. The van der Waals surface area contributed by atoms with Gasteiger partial charge in [0.15, 0.2) is 11.2 Å². The first kappa shape index (κ1) is 23.4. The monoisotopic (exact) mass is 431 g/mol. The van der Waals surface area contributed by atoms with Gasteiger partial charge >= 0.3 is 12.1 Å². The van der Waals surface area contributed by atoms with Crippen LogP contribution >= 0.6 is 11.6 Å². The predicted molar refractivity (Wildman–Crippen MR) is 114 cm³/mol. The second-order valence-electron chi connectivity index (χ2n) is 7.75. The maximum atomic E-state index is 12.9. The van der Waals surface area contributed by atoms with E-state index >= 15 is 0 Å². The number of rotatable bonds is 8. The molecule has 0 aromatic heterocycles. The highest BCUT2D eigenvalue weighted by Crippen LogP contribution is 2.15. The number of esters is 1. The van der Waals surface area contributed by atoms with Gasteiger partial charge in [-0.3, -0.25) is 4.79 Å². The third-order valence-electron chi connectivity index (χ3n) is 3.99. The Hall–Kier alpha value is -2.86. The molecule has 1 N–H and O–H groups in total. The first-order valence-electron chi connectivity index (χ1n) is 9.57. The Morgan fingerprint density at radius 2 is 1.47 bits per heavy atom. The highest BCUT2D eigenvalue weighted by atomic mass is 35.5. The van der Waals surface area contributed by atoms with Gasteiger partial charge in [-0.05, 0) is 38.3 Å². The first-order chi connectivity index (χ1) is 14.2. The first-order valence-corrected chi connectivity index (χ1v) is 10.0. The van der Waals surface area contributed by atoms with Crippen LogP contribution in [-0.4, -0.2) is 34.9 Å². The molecular weight excluding hydrogens is 406 g/mol. The Morgan fingerprint density at radius 3 is 2.00 bits per heavy atom. The van der Waals surface area contributed by atoms with Gasteiger partial charge in [0.2, 0.25) is 0 Å². The standard InChI is InChI=1S/C23H26ClNO5/c1-23(2,3)30-21(27)19(24)20(26)18(14-16-10-6-4-7-11-16)25-22(28)29-15-17-12-8-5-9-13-17/h4-13,18-19H,14-15H2,1-3H3,(H,25,28). The van der Waals surface area contributed by atoms with Crippen LogP contribution in [0.15, 0.2) is 60.7 Å². The van der Waals surface area contributed by atoms with Gasteiger partial charge in [-0.2, -0.15) is 0 Å². The molecule has 30 heavy (non-hydrogen) atoms. The Bertz CT molecular complexity index is 849. The van der Waals surface area contributed by atoms with Gasteiger partial charge in [0.25, 0.3) is 0 Å². The summed E-state index contributed by atoms with van der Waals surface area (Å²) in [5, 5.41) is 0.982. The minimum atomic E-state index is -1.55. The highest BCUT2D eigenvalue weighted by molar-refractivity contribution is 6.41. The van der Waals surface area contributed by atoms with Crippen molar-refractivity contribution >= 4 is 29.4 Å². The molecule has 0 aliphatic heterocycles. The van der Waals surface area contributed by atoms with Crippen molar-refractivity contribution in [3.8, 4) is 0 Å². The Kier molecular flexibility index (Phi) is 8.42.